The van der Waals surface area contributed by atoms with Crippen LogP contribution in [0.4, 0.5) is 4.39 Å². The van der Waals surface area contributed by atoms with Gasteiger partial charge in [0.05, 0.1) is 12.2 Å². The lowest BCUT2D eigenvalue weighted by Gasteiger charge is -2.32. The molecule has 1 amide bonds. The van der Waals surface area contributed by atoms with Gasteiger partial charge in [0.25, 0.3) is 5.91 Å². The molecule has 1 aliphatic heterocycles. The molecule has 0 aliphatic carbocycles. The number of rotatable bonds is 4. The number of carbonyl (C=O) groups excluding carboxylic acids is 1. The van der Waals surface area contributed by atoms with Crippen molar-refractivity contribution in [3.8, 4) is 17.0 Å². The molecule has 0 N–H and O–H groups in total. The molecule has 144 valence electrons. The molecule has 0 radical (unpaired) electrons. The maximum Gasteiger partial charge on any atom is 0.272 e. The van der Waals surface area contributed by atoms with Crippen molar-refractivity contribution >= 4 is 5.91 Å². The number of aryl methyl sites for hydroxylation is 1. The number of pyridine rings is 1. The van der Waals surface area contributed by atoms with Gasteiger partial charge in [-0.05, 0) is 55.3 Å². The summed E-state index contributed by atoms with van der Waals surface area (Å²) in [5, 5.41) is 4.42. The van der Waals surface area contributed by atoms with E-state index < -0.39 is 0 Å². The molecule has 1 fully saturated rings. The Morgan fingerprint density at radius 1 is 1.18 bits per heavy atom. The highest BCUT2D eigenvalue weighted by Gasteiger charge is 2.27. The Kier molecular flexibility index (Phi) is 5.06. The van der Waals surface area contributed by atoms with E-state index >= 15 is 0 Å². The van der Waals surface area contributed by atoms with E-state index in [1.54, 1.807) is 47.2 Å². The minimum absolute atomic E-state index is 0.0510. The Morgan fingerprint density at radius 2 is 1.93 bits per heavy atom. The van der Waals surface area contributed by atoms with E-state index in [-0.39, 0.29) is 17.8 Å². The first kappa shape index (κ1) is 18.2. The number of nitrogens with zero attached hydrogens (tertiary/aromatic N) is 4. The lowest BCUT2D eigenvalue weighted by molar-refractivity contribution is 0.0528. The summed E-state index contributed by atoms with van der Waals surface area (Å²) >= 11 is 0. The van der Waals surface area contributed by atoms with E-state index in [0.717, 1.165) is 24.2 Å². The smallest absolute Gasteiger partial charge is 0.272 e. The molecule has 28 heavy (non-hydrogen) atoms. The molecule has 1 aliphatic rings. The van der Waals surface area contributed by atoms with Crippen molar-refractivity contribution in [2.24, 2.45) is 7.05 Å². The molecular weight excluding hydrogens is 359 g/mol. The van der Waals surface area contributed by atoms with Gasteiger partial charge in [0, 0.05) is 31.5 Å². The van der Waals surface area contributed by atoms with Crippen molar-refractivity contribution in [2.75, 3.05) is 13.1 Å². The molecule has 0 bridgehead atoms. The highest BCUT2D eigenvalue weighted by molar-refractivity contribution is 5.93. The Morgan fingerprint density at radius 3 is 2.68 bits per heavy atom. The predicted octanol–water partition coefficient (Wildman–Crippen LogP) is 3.30. The largest absolute Gasteiger partial charge is 0.488 e. The summed E-state index contributed by atoms with van der Waals surface area (Å²) < 4.78 is 20.7. The quantitative estimate of drug-likeness (QED) is 0.697. The van der Waals surface area contributed by atoms with Crippen molar-refractivity contribution in [3.63, 3.8) is 0 Å². The Balaban J connectivity index is 1.48. The predicted molar refractivity (Wildman–Crippen MR) is 102 cm³/mol. The monoisotopic (exact) mass is 380 g/mol. The molecule has 1 atom stereocenters. The van der Waals surface area contributed by atoms with E-state index in [1.165, 1.54) is 12.1 Å². The van der Waals surface area contributed by atoms with Gasteiger partial charge in [0.15, 0.2) is 0 Å². The number of halogens is 1. The number of likely N-dealkylation sites (tertiary alicyclic amines) is 1. The third kappa shape index (κ3) is 3.88. The van der Waals surface area contributed by atoms with Crippen LogP contribution in [0, 0.1) is 5.82 Å². The minimum Gasteiger partial charge on any atom is -0.488 e. The van der Waals surface area contributed by atoms with Crippen LogP contribution < -0.4 is 4.74 Å². The van der Waals surface area contributed by atoms with Crippen LogP contribution in [0.3, 0.4) is 0 Å². The second-order valence-electron chi connectivity index (χ2n) is 6.86. The van der Waals surface area contributed by atoms with Gasteiger partial charge in [-0.1, -0.05) is 0 Å². The van der Waals surface area contributed by atoms with Gasteiger partial charge in [-0.2, -0.15) is 5.10 Å². The maximum absolute atomic E-state index is 13.1. The van der Waals surface area contributed by atoms with Gasteiger partial charge in [0.1, 0.15) is 23.4 Å². The van der Waals surface area contributed by atoms with Crippen LogP contribution in [0.1, 0.15) is 23.3 Å². The third-order valence-electron chi connectivity index (χ3n) is 4.86. The summed E-state index contributed by atoms with van der Waals surface area (Å²) in [6.45, 7) is 1.21. The summed E-state index contributed by atoms with van der Waals surface area (Å²) in [5.41, 5.74) is 1.92. The standard InChI is InChI=1S/C21H21FN4O2/c1-25-20(13-19(24-25)15-4-6-16(22)7-5-15)21(27)26-12-2-3-18(14-26)28-17-8-10-23-11-9-17/h4-11,13,18H,2-3,12,14H2,1H3. The van der Waals surface area contributed by atoms with Crippen molar-refractivity contribution in [2.45, 2.75) is 18.9 Å². The van der Waals surface area contributed by atoms with Crippen molar-refractivity contribution in [1.82, 2.24) is 19.7 Å². The average Bonchev–Trinajstić information content (AvgIpc) is 3.10. The topological polar surface area (TPSA) is 60.2 Å². The number of amides is 1. The van der Waals surface area contributed by atoms with Crippen LogP contribution in [0.2, 0.25) is 0 Å². The van der Waals surface area contributed by atoms with Gasteiger partial charge in [0.2, 0.25) is 0 Å². The van der Waals surface area contributed by atoms with E-state index in [4.69, 9.17) is 4.74 Å². The van der Waals surface area contributed by atoms with Gasteiger partial charge < -0.3 is 9.64 Å². The van der Waals surface area contributed by atoms with Crippen LogP contribution in [0.15, 0.2) is 54.9 Å². The number of piperidine rings is 1. The fraction of sp³-hybridized carbons (Fsp3) is 0.286. The fourth-order valence-corrected chi connectivity index (χ4v) is 3.42. The maximum atomic E-state index is 13.1. The van der Waals surface area contributed by atoms with Crippen LogP contribution in [-0.4, -0.2) is 44.8 Å². The SMILES string of the molecule is Cn1nc(-c2ccc(F)cc2)cc1C(=O)N1CCCC(Oc2ccncc2)C1. The first-order chi connectivity index (χ1) is 13.6. The number of hydrogen-bond donors (Lipinski definition) is 0. The molecule has 7 heteroatoms. The number of aromatic nitrogens is 3. The minimum atomic E-state index is -0.301. The number of carbonyl (C=O) groups is 1. The van der Waals surface area contributed by atoms with Crippen LogP contribution in [-0.2, 0) is 7.05 Å². The molecule has 2 aromatic heterocycles. The second-order valence-corrected chi connectivity index (χ2v) is 6.86. The van der Waals surface area contributed by atoms with Crippen LogP contribution >= 0.6 is 0 Å². The van der Waals surface area contributed by atoms with Gasteiger partial charge in [-0.3, -0.25) is 14.5 Å². The molecule has 1 unspecified atom stereocenters. The molecule has 3 aromatic rings. The summed E-state index contributed by atoms with van der Waals surface area (Å²) in [7, 11) is 1.75. The average molecular weight is 380 g/mol. The molecule has 0 spiro atoms. The lowest BCUT2D eigenvalue weighted by Crippen LogP contribution is -2.44. The number of hydrogen-bond acceptors (Lipinski definition) is 4. The summed E-state index contributed by atoms with van der Waals surface area (Å²) in [6, 6.07) is 11.5. The zero-order valence-corrected chi connectivity index (χ0v) is 15.6. The van der Waals surface area contributed by atoms with Gasteiger partial charge >= 0.3 is 0 Å². The van der Waals surface area contributed by atoms with Crippen molar-refractivity contribution < 1.29 is 13.9 Å². The lowest BCUT2D eigenvalue weighted by atomic mass is 10.1. The van der Waals surface area contributed by atoms with Crippen LogP contribution in [0.5, 0.6) is 5.75 Å². The van der Waals surface area contributed by atoms with E-state index in [0.29, 0.717) is 24.5 Å². The molecule has 0 saturated carbocycles. The molecule has 3 heterocycles. The summed E-state index contributed by atoms with van der Waals surface area (Å²) in [5.74, 6) is 0.379. The Hall–Kier alpha value is -3.22. The summed E-state index contributed by atoms with van der Waals surface area (Å²) in [6.07, 6.45) is 5.11. The van der Waals surface area contributed by atoms with Gasteiger partial charge in [-0.25, -0.2) is 4.39 Å². The van der Waals surface area contributed by atoms with Gasteiger partial charge in [-0.15, -0.1) is 0 Å². The zero-order chi connectivity index (χ0) is 19.5. The number of benzene rings is 1. The highest BCUT2D eigenvalue weighted by atomic mass is 19.1. The van der Waals surface area contributed by atoms with Crippen LogP contribution in [0.25, 0.3) is 11.3 Å². The highest BCUT2D eigenvalue weighted by Crippen LogP contribution is 2.22. The number of ether oxygens (including phenoxy) is 1. The molecule has 6 nitrogen and oxygen atoms in total. The molecular formula is C21H21FN4O2. The third-order valence-corrected chi connectivity index (χ3v) is 4.86. The first-order valence-corrected chi connectivity index (χ1v) is 9.26. The summed E-state index contributed by atoms with van der Waals surface area (Å²) in [4.78, 5) is 18.9. The second kappa shape index (κ2) is 7.80. The van der Waals surface area contributed by atoms with E-state index in [1.807, 2.05) is 12.1 Å². The zero-order valence-electron chi connectivity index (χ0n) is 15.6. The normalized spacial score (nSPS) is 16.8. The van der Waals surface area contributed by atoms with E-state index in [9.17, 15) is 9.18 Å². The Bertz CT molecular complexity index is 956. The molecule has 4 rings (SSSR count). The Labute approximate surface area is 162 Å². The first-order valence-electron chi connectivity index (χ1n) is 9.26. The molecule has 1 aromatic carbocycles. The fourth-order valence-electron chi connectivity index (χ4n) is 3.42. The van der Waals surface area contributed by atoms with E-state index in [2.05, 4.69) is 10.1 Å². The molecule has 1 saturated heterocycles. The van der Waals surface area contributed by atoms with Crippen molar-refractivity contribution in [3.05, 3.63) is 66.4 Å². The van der Waals surface area contributed by atoms with Crippen molar-refractivity contribution in [1.29, 1.82) is 0 Å².